The Morgan fingerprint density at radius 3 is 2.22 bits per heavy atom. The Hall–Kier alpha value is -1.42. The molecule has 0 aliphatic rings. The molecule has 1 N–H and O–H groups in total. The maximum Gasteiger partial charge on any atom is 0.269 e. The van der Waals surface area contributed by atoms with Gasteiger partial charge in [-0.15, -0.1) is 0 Å². The van der Waals surface area contributed by atoms with Gasteiger partial charge < -0.3 is 5.32 Å². The highest BCUT2D eigenvalue weighted by molar-refractivity contribution is 5.32. The second-order valence-corrected chi connectivity index (χ2v) is 4.87. The van der Waals surface area contributed by atoms with Crippen LogP contribution in [-0.4, -0.2) is 17.0 Å². The summed E-state index contributed by atoms with van der Waals surface area (Å²) in [4.78, 5) is 10.2. The minimum Gasteiger partial charge on any atom is -0.311 e. The fraction of sp³-hybridized carbons (Fsp3) is 0.571. The fourth-order valence-electron chi connectivity index (χ4n) is 1.79. The molecule has 0 saturated heterocycles. The van der Waals surface area contributed by atoms with E-state index in [4.69, 9.17) is 0 Å². The van der Waals surface area contributed by atoms with E-state index in [0.29, 0.717) is 0 Å². The molecule has 1 aromatic rings. The molecule has 0 aromatic heterocycles. The monoisotopic (exact) mass is 250 g/mol. The predicted molar refractivity (Wildman–Crippen MR) is 73.8 cm³/mol. The Kier molecular flexibility index (Phi) is 5.28. The van der Waals surface area contributed by atoms with Crippen LogP contribution < -0.4 is 5.32 Å². The van der Waals surface area contributed by atoms with Gasteiger partial charge in [0.25, 0.3) is 5.69 Å². The molecule has 0 amide bonds. The van der Waals surface area contributed by atoms with Gasteiger partial charge >= 0.3 is 0 Å². The van der Waals surface area contributed by atoms with Crippen molar-refractivity contribution in [3.8, 4) is 0 Å². The van der Waals surface area contributed by atoms with Crippen molar-refractivity contribution in [2.24, 2.45) is 0 Å². The largest absolute Gasteiger partial charge is 0.311 e. The van der Waals surface area contributed by atoms with Crippen molar-refractivity contribution < 1.29 is 4.92 Å². The van der Waals surface area contributed by atoms with Gasteiger partial charge in [0.1, 0.15) is 0 Å². The number of hydrogen-bond acceptors (Lipinski definition) is 3. The Labute approximate surface area is 109 Å². The molecule has 1 rings (SSSR count). The molecule has 4 heteroatoms. The summed E-state index contributed by atoms with van der Waals surface area (Å²) < 4.78 is 0. The minimum absolute atomic E-state index is 0.152. The van der Waals surface area contributed by atoms with E-state index >= 15 is 0 Å². The number of nitro benzene ring substituents is 1. The zero-order chi connectivity index (χ0) is 13.6. The number of non-ortho nitro benzene ring substituents is 1. The molecule has 0 aliphatic carbocycles. The van der Waals surface area contributed by atoms with E-state index in [2.05, 4.69) is 26.1 Å². The van der Waals surface area contributed by atoms with Crippen LogP contribution in [0.25, 0.3) is 0 Å². The van der Waals surface area contributed by atoms with Gasteiger partial charge in [0.05, 0.1) is 4.92 Å². The Balaban J connectivity index is 2.47. The third-order valence-electron chi connectivity index (χ3n) is 3.67. The van der Waals surface area contributed by atoms with Gasteiger partial charge in [0, 0.05) is 17.7 Å². The van der Waals surface area contributed by atoms with Crippen LogP contribution in [0.3, 0.4) is 0 Å². The maximum absolute atomic E-state index is 10.5. The summed E-state index contributed by atoms with van der Waals surface area (Å²) in [7, 11) is 0. The number of benzene rings is 1. The zero-order valence-electron chi connectivity index (χ0n) is 11.4. The van der Waals surface area contributed by atoms with Crippen LogP contribution in [0.4, 0.5) is 5.69 Å². The van der Waals surface area contributed by atoms with Crippen molar-refractivity contribution in [2.45, 2.75) is 45.6 Å². The normalized spacial score (nSPS) is 11.5. The predicted octanol–water partition coefficient (Wildman–Crippen LogP) is 3.31. The van der Waals surface area contributed by atoms with Crippen molar-refractivity contribution in [1.29, 1.82) is 0 Å². The molecular formula is C14H22N2O2. The highest BCUT2D eigenvalue weighted by atomic mass is 16.6. The van der Waals surface area contributed by atoms with Gasteiger partial charge in [0.2, 0.25) is 0 Å². The fourth-order valence-corrected chi connectivity index (χ4v) is 1.79. The minimum atomic E-state index is -0.368. The van der Waals surface area contributed by atoms with Crippen molar-refractivity contribution in [2.75, 3.05) is 6.54 Å². The van der Waals surface area contributed by atoms with Crippen molar-refractivity contribution in [1.82, 2.24) is 5.32 Å². The molecule has 0 saturated carbocycles. The van der Waals surface area contributed by atoms with Crippen LogP contribution in [0.2, 0.25) is 0 Å². The second-order valence-electron chi connectivity index (χ2n) is 4.87. The van der Waals surface area contributed by atoms with E-state index in [1.54, 1.807) is 12.1 Å². The van der Waals surface area contributed by atoms with Crippen LogP contribution in [-0.2, 0) is 6.42 Å². The topological polar surface area (TPSA) is 55.2 Å². The summed E-state index contributed by atoms with van der Waals surface area (Å²) >= 11 is 0. The van der Waals surface area contributed by atoms with E-state index in [1.807, 2.05) is 12.1 Å². The number of nitro groups is 1. The first-order valence-corrected chi connectivity index (χ1v) is 6.49. The number of rotatable bonds is 7. The molecule has 1 aromatic carbocycles. The molecule has 0 aliphatic heterocycles. The number of nitrogens with zero attached hydrogens (tertiary/aromatic N) is 1. The molecule has 0 bridgehead atoms. The van der Waals surface area contributed by atoms with Crippen molar-refractivity contribution >= 4 is 5.69 Å². The smallest absolute Gasteiger partial charge is 0.269 e. The molecule has 0 fully saturated rings. The summed E-state index contributed by atoms with van der Waals surface area (Å²) in [5.41, 5.74) is 1.47. The molecule has 0 unspecified atom stereocenters. The first kappa shape index (κ1) is 14.6. The number of nitrogens with one attached hydrogen (secondary N) is 1. The number of hydrogen-bond donors (Lipinski definition) is 1. The SMILES string of the molecule is CCC(C)(CC)NCCc1ccc([N+](=O)[O-])cc1. The van der Waals surface area contributed by atoms with E-state index < -0.39 is 0 Å². The summed E-state index contributed by atoms with van der Waals surface area (Å²) in [6, 6.07) is 6.78. The molecule has 100 valence electrons. The molecule has 18 heavy (non-hydrogen) atoms. The molecule has 0 spiro atoms. The third-order valence-corrected chi connectivity index (χ3v) is 3.67. The Morgan fingerprint density at radius 2 is 1.78 bits per heavy atom. The molecule has 0 heterocycles. The average Bonchev–Trinajstić information content (AvgIpc) is 2.39. The summed E-state index contributed by atoms with van der Waals surface area (Å²) in [5, 5.41) is 14.1. The standard InChI is InChI=1S/C14H22N2O2/c1-4-14(3,5-2)15-11-10-12-6-8-13(9-7-12)16(17)18/h6-9,15H,4-5,10-11H2,1-3H3. The van der Waals surface area contributed by atoms with Crippen LogP contribution in [0.5, 0.6) is 0 Å². The van der Waals surface area contributed by atoms with Gasteiger partial charge in [0.15, 0.2) is 0 Å². The van der Waals surface area contributed by atoms with Gasteiger partial charge in [-0.3, -0.25) is 10.1 Å². The lowest BCUT2D eigenvalue weighted by Crippen LogP contribution is -2.42. The van der Waals surface area contributed by atoms with Gasteiger partial charge in [-0.25, -0.2) is 0 Å². The molecule has 4 nitrogen and oxygen atoms in total. The zero-order valence-corrected chi connectivity index (χ0v) is 11.4. The van der Waals surface area contributed by atoms with Gasteiger partial charge in [-0.05, 0) is 38.3 Å². The van der Waals surface area contributed by atoms with Crippen molar-refractivity contribution in [3.63, 3.8) is 0 Å². The highest BCUT2D eigenvalue weighted by Gasteiger charge is 2.17. The maximum atomic E-state index is 10.5. The van der Waals surface area contributed by atoms with Gasteiger partial charge in [-0.1, -0.05) is 26.0 Å². The van der Waals surface area contributed by atoms with Crippen LogP contribution in [0.1, 0.15) is 39.2 Å². The third kappa shape index (κ3) is 4.11. The molecule has 0 radical (unpaired) electrons. The Morgan fingerprint density at radius 1 is 1.22 bits per heavy atom. The van der Waals surface area contributed by atoms with Crippen molar-refractivity contribution in [3.05, 3.63) is 39.9 Å². The van der Waals surface area contributed by atoms with E-state index in [-0.39, 0.29) is 16.1 Å². The van der Waals surface area contributed by atoms with Crippen LogP contribution in [0.15, 0.2) is 24.3 Å². The quantitative estimate of drug-likeness (QED) is 0.596. The molecular weight excluding hydrogens is 228 g/mol. The van der Waals surface area contributed by atoms with Crippen LogP contribution in [0, 0.1) is 10.1 Å². The summed E-state index contributed by atoms with van der Waals surface area (Å²) in [6.07, 6.45) is 3.10. The average molecular weight is 250 g/mol. The summed E-state index contributed by atoms with van der Waals surface area (Å²) in [6.45, 7) is 7.49. The van der Waals surface area contributed by atoms with Gasteiger partial charge in [-0.2, -0.15) is 0 Å². The second kappa shape index (κ2) is 6.50. The first-order valence-electron chi connectivity index (χ1n) is 6.49. The van der Waals surface area contributed by atoms with Crippen LogP contribution >= 0.6 is 0 Å². The van der Waals surface area contributed by atoms with E-state index in [0.717, 1.165) is 31.4 Å². The lowest BCUT2D eigenvalue weighted by molar-refractivity contribution is -0.384. The summed E-state index contributed by atoms with van der Waals surface area (Å²) in [5.74, 6) is 0. The Bertz CT molecular complexity index is 383. The lowest BCUT2D eigenvalue weighted by atomic mass is 9.95. The van der Waals surface area contributed by atoms with E-state index in [9.17, 15) is 10.1 Å². The highest BCUT2D eigenvalue weighted by Crippen LogP contribution is 2.15. The first-order chi connectivity index (χ1) is 8.50. The molecule has 0 atom stereocenters. The van der Waals surface area contributed by atoms with E-state index in [1.165, 1.54) is 0 Å². The lowest BCUT2D eigenvalue weighted by Gasteiger charge is -2.28.